The summed E-state index contributed by atoms with van der Waals surface area (Å²) in [4.78, 5) is 4.21. The second-order valence-corrected chi connectivity index (χ2v) is 8.72. The van der Waals surface area contributed by atoms with Crippen molar-refractivity contribution in [2.24, 2.45) is 0 Å². The minimum Gasteiger partial charge on any atom is -0.382 e. The molecule has 0 aromatic heterocycles. The predicted octanol–water partition coefficient (Wildman–Crippen LogP) is 6.60. The van der Waals surface area contributed by atoms with E-state index in [1.54, 1.807) is 6.08 Å². The fourth-order valence-electron chi connectivity index (χ4n) is 3.57. The van der Waals surface area contributed by atoms with Crippen molar-refractivity contribution < 1.29 is 0 Å². The molecule has 0 amide bonds. The number of benzene rings is 1. The topological polar surface area (TPSA) is 42.4 Å². The highest BCUT2D eigenvalue weighted by Crippen LogP contribution is 2.45. The molecule has 0 radical (unpaired) electrons. The third-order valence-corrected chi connectivity index (χ3v) is 5.19. The Hall–Kier alpha value is -2.43. The van der Waals surface area contributed by atoms with E-state index in [4.69, 9.17) is 28.6 Å². The molecule has 166 valence electrons. The number of allylic oxidation sites excluding steroid dienone is 4. The zero-order chi connectivity index (χ0) is 23.1. The smallest absolute Gasteiger partial charge is 0.0881 e. The summed E-state index contributed by atoms with van der Waals surface area (Å²) >= 11 is 12.6. The van der Waals surface area contributed by atoms with Crippen LogP contribution in [-0.4, -0.2) is 36.2 Å². The number of nitrogens with one attached hydrogen (secondary N) is 2. The van der Waals surface area contributed by atoms with Gasteiger partial charge in [-0.2, -0.15) is 0 Å². The van der Waals surface area contributed by atoms with Gasteiger partial charge in [-0.05, 0) is 44.0 Å². The van der Waals surface area contributed by atoms with E-state index < -0.39 is 0 Å². The molecule has 1 atom stereocenters. The van der Waals surface area contributed by atoms with Gasteiger partial charge in [-0.1, -0.05) is 61.0 Å². The summed E-state index contributed by atoms with van der Waals surface area (Å²) in [5, 5.41) is 13.1. The molecule has 0 spiro atoms. The molecule has 1 unspecified atom stereocenters. The van der Waals surface area contributed by atoms with Crippen LogP contribution in [0.25, 0.3) is 0 Å². The number of nitrogens with zero attached hydrogens (tertiary/aromatic N) is 2. The lowest BCUT2D eigenvalue weighted by molar-refractivity contribution is 0.389. The van der Waals surface area contributed by atoms with E-state index in [0.29, 0.717) is 10.1 Å². The molecule has 1 aliphatic heterocycles. The third kappa shape index (κ3) is 6.05. The van der Waals surface area contributed by atoms with Gasteiger partial charge in [0.25, 0.3) is 0 Å². The van der Waals surface area contributed by atoms with Crippen LogP contribution in [0.2, 0.25) is 5.02 Å². The molecule has 1 heterocycles. The van der Waals surface area contributed by atoms with Gasteiger partial charge in [0, 0.05) is 48.2 Å². The average molecular weight is 459 g/mol. The van der Waals surface area contributed by atoms with E-state index in [1.807, 2.05) is 55.5 Å². The maximum Gasteiger partial charge on any atom is 0.0881 e. The maximum absolute atomic E-state index is 8.28. The van der Waals surface area contributed by atoms with Crippen molar-refractivity contribution in [3.05, 3.63) is 93.6 Å². The van der Waals surface area contributed by atoms with Gasteiger partial charge in [0.15, 0.2) is 0 Å². The molecule has 2 rings (SSSR count). The lowest BCUT2D eigenvalue weighted by Gasteiger charge is -2.32. The van der Waals surface area contributed by atoms with Crippen LogP contribution in [0.5, 0.6) is 0 Å². The second kappa shape index (κ2) is 11.3. The molecule has 0 aliphatic carbocycles. The molecule has 1 aromatic rings. The maximum atomic E-state index is 8.28. The van der Waals surface area contributed by atoms with Gasteiger partial charge >= 0.3 is 0 Å². The summed E-state index contributed by atoms with van der Waals surface area (Å²) < 4.78 is 0. The van der Waals surface area contributed by atoms with E-state index in [-0.39, 0.29) is 12.1 Å². The van der Waals surface area contributed by atoms with E-state index in [2.05, 4.69) is 43.6 Å². The van der Waals surface area contributed by atoms with Gasteiger partial charge in [0.05, 0.1) is 23.1 Å². The van der Waals surface area contributed by atoms with Crippen molar-refractivity contribution in [3.63, 3.8) is 0 Å². The molecule has 0 saturated carbocycles. The van der Waals surface area contributed by atoms with Crippen molar-refractivity contribution >= 4 is 29.4 Å². The molecule has 6 heteroatoms. The monoisotopic (exact) mass is 458 g/mol. The van der Waals surface area contributed by atoms with Crippen LogP contribution in [0.4, 0.5) is 0 Å². The zero-order valence-corrected chi connectivity index (χ0v) is 20.4. The Morgan fingerprint density at radius 2 is 1.94 bits per heavy atom. The van der Waals surface area contributed by atoms with E-state index in [9.17, 15) is 0 Å². The van der Waals surface area contributed by atoms with Gasteiger partial charge in [0.2, 0.25) is 0 Å². The molecule has 1 aliphatic rings. The van der Waals surface area contributed by atoms with Crippen LogP contribution in [0.3, 0.4) is 0 Å². The van der Waals surface area contributed by atoms with Crippen LogP contribution in [-0.2, 0) is 0 Å². The molecule has 31 heavy (non-hydrogen) atoms. The minimum atomic E-state index is -0.203. The average Bonchev–Trinajstić information content (AvgIpc) is 3.00. The number of hydrogen-bond acceptors (Lipinski definition) is 4. The fraction of sp³-hybridized carbons (Fsp3) is 0.320. The van der Waals surface area contributed by atoms with Gasteiger partial charge in [-0.15, -0.1) is 0 Å². The minimum absolute atomic E-state index is 0.203. The SMILES string of the molecule is C=C/C(Cl)=C\C(=C/N(C)C)N1/C(=C\CC)C(NC(C)C)=C(C=N)C1c1ccc(Cl)cc1. The molecular weight excluding hydrogens is 427 g/mol. The van der Waals surface area contributed by atoms with Gasteiger partial charge < -0.3 is 20.5 Å². The molecule has 2 N–H and O–H groups in total. The summed E-state index contributed by atoms with van der Waals surface area (Å²) in [7, 11) is 3.95. The van der Waals surface area contributed by atoms with Crippen LogP contribution >= 0.6 is 23.2 Å². The first-order chi connectivity index (χ1) is 14.7. The van der Waals surface area contributed by atoms with Crippen molar-refractivity contribution in [1.82, 2.24) is 15.1 Å². The van der Waals surface area contributed by atoms with E-state index >= 15 is 0 Å². The number of hydrogen-bond donors (Lipinski definition) is 2. The zero-order valence-electron chi connectivity index (χ0n) is 18.9. The lowest BCUT2D eigenvalue weighted by atomic mass is 9.99. The van der Waals surface area contributed by atoms with Crippen LogP contribution in [0.15, 0.2) is 83.0 Å². The van der Waals surface area contributed by atoms with Gasteiger partial charge in [-0.3, -0.25) is 0 Å². The summed E-state index contributed by atoms with van der Waals surface area (Å²) in [5.41, 5.74) is 4.81. The summed E-state index contributed by atoms with van der Waals surface area (Å²) in [6.45, 7) is 10.1. The molecular formula is C25H32Cl2N4. The Morgan fingerprint density at radius 1 is 1.29 bits per heavy atom. The quantitative estimate of drug-likeness (QED) is 0.323. The highest BCUT2D eigenvalue weighted by molar-refractivity contribution is 6.31. The lowest BCUT2D eigenvalue weighted by Crippen LogP contribution is -2.27. The normalized spacial score (nSPS) is 18.8. The second-order valence-electron chi connectivity index (χ2n) is 7.85. The highest BCUT2D eigenvalue weighted by Gasteiger charge is 2.38. The number of halogens is 2. The van der Waals surface area contributed by atoms with Crippen molar-refractivity contribution in [3.8, 4) is 0 Å². The molecule has 4 nitrogen and oxygen atoms in total. The predicted molar refractivity (Wildman–Crippen MR) is 134 cm³/mol. The standard InChI is InChI=1S/C25H32Cl2N4/c1-7-9-23-24(29-17(3)4)22(15-28)25(18-10-12-20(27)13-11-18)31(23)21(16-30(5)6)14-19(26)8-2/h8-17,25,28-29H,2,7H2,1,3-6H3/b19-14+,21-16+,23-9-,28-15?. The Balaban J connectivity index is 2.84. The van der Waals surface area contributed by atoms with Crippen molar-refractivity contribution in [2.75, 3.05) is 14.1 Å². The fourth-order valence-corrected chi connectivity index (χ4v) is 3.81. The molecule has 0 fully saturated rings. The summed E-state index contributed by atoms with van der Waals surface area (Å²) in [6, 6.07) is 7.80. The van der Waals surface area contributed by atoms with Gasteiger partial charge in [0.1, 0.15) is 0 Å². The molecule has 1 aromatic carbocycles. The van der Waals surface area contributed by atoms with Crippen molar-refractivity contribution in [2.45, 2.75) is 39.3 Å². The summed E-state index contributed by atoms with van der Waals surface area (Å²) in [5.74, 6) is 0. The third-order valence-electron chi connectivity index (χ3n) is 4.68. The molecule has 0 bridgehead atoms. The number of rotatable bonds is 9. The van der Waals surface area contributed by atoms with Crippen LogP contribution in [0.1, 0.15) is 38.8 Å². The Labute approximate surface area is 196 Å². The first kappa shape index (κ1) is 24.8. The Morgan fingerprint density at radius 3 is 2.42 bits per heavy atom. The largest absolute Gasteiger partial charge is 0.382 e. The van der Waals surface area contributed by atoms with Crippen LogP contribution in [0, 0.1) is 5.41 Å². The molecule has 0 saturated heterocycles. The van der Waals surface area contributed by atoms with E-state index in [0.717, 1.165) is 34.6 Å². The highest BCUT2D eigenvalue weighted by atomic mass is 35.5. The first-order valence-electron chi connectivity index (χ1n) is 10.4. The van der Waals surface area contributed by atoms with Crippen molar-refractivity contribution in [1.29, 1.82) is 5.41 Å². The Bertz CT molecular complexity index is 921. The summed E-state index contributed by atoms with van der Waals surface area (Å²) in [6.07, 6.45) is 10.0. The first-order valence-corrected chi connectivity index (χ1v) is 11.1. The van der Waals surface area contributed by atoms with Gasteiger partial charge in [-0.25, -0.2) is 0 Å². The van der Waals surface area contributed by atoms with E-state index in [1.165, 1.54) is 6.21 Å². The van der Waals surface area contributed by atoms with Crippen LogP contribution < -0.4 is 5.32 Å². The Kier molecular flexibility index (Phi) is 9.02.